The van der Waals surface area contributed by atoms with E-state index in [2.05, 4.69) is 15.3 Å². The van der Waals surface area contributed by atoms with Gasteiger partial charge in [0.2, 0.25) is 5.91 Å². The van der Waals surface area contributed by atoms with Crippen molar-refractivity contribution >= 4 is 34.1 Å². The summed E-state index contributed by atoms with van der Waals surface area (Å²) >= 11 is 2.45. The van der Waals surface area contributed by atoms with Gasteiger partial charge >= 0.3 is 0 Å². The summed E-state index contributed by atoms with van der Waals surface area (Å²) in [5.74, 6) is -1.17. The van der Waals surface area contributed by atoms with E-state index in [4.69, 9.17) is 0 Å². The van der Waals surface area contributed by atoms with Crippen LogP contribution in [0.15, 0.2) is 53.0 Å². The topological polar surface area (TPSA) is 54.9 Å². The molecule has 1 amide bonds. The van der Waals surface area contributed by atoms with Gasteiger partial charge in [-0.15, -0.1) is 11.3 Å². The number of pyridine rings is 1. The van der Waals surface area contributed by atoms with Crippen LogP contribution in [0.1, 0.15) is 0 Å². The van der Waals surface area contributed by atoms with E-state index < -0.39 is 11.6 Å². The number of aromatic nitrogens is 2. The van der Waals surface area contributed by atoms with Crippen LogP contribution < -0.4 is 5.32 Å². The van der Waals surface area contributed by atoms with Crippen LogP contribution in [0.5, 0.6) is 0 Å². The molecule has 3 rings (SSSR count). The number of hydrogen-bond donors (Lipinski definition) is 1. The number of anilines is 1. The first kappa shape index (κ1) is 16.5. The van der Waals surface area contributed by atoms with E-state index in [1.165, 1.54) is 11.8 Å². The number of halogens is 2. The molecule has 2 aromatic heterocycles. The Morgan fingerprint density at radius 2 is 2.12 bits per heavy atom. The zero-order chi connectivity index (χ0) is 16.9. The summed E-state index contributed by atoms with van der Waals surface area (Å²) in [6.07, 6.45) is 1.65. The van der Waals surface area contributed by atoms with E-state index in [-0.39, 0.29) is 22.9 Å². The largest absolute Gasteiger partial charge is 0.301 e. The number of hydrogen-bond acceptors (Lipinski definition) is 5. The molecule has 0 aliphatic heterocycles. The molecule has 0 fully saturated rings. The molecule has 122 valence electrons. The summed E-state index contributed by atoms with van der Waals surface area (Å²) < 4.78 is 27.0. The molecule has 0 saturated carbocycles. The van der Waals surface area contributed by atoms with E-state index in [9.17, 15) is 13.6 Å². The van der Waals surface area contributed by atoms with Crippen LogP contribution in [0.4, 0.5) is 13.9 Å². The lowest BCUT2D eigenvalue weighted by molar-refractivity contribution is -0.113. The Morgan fingerprint density at radius 1 is 1.25 bits per heavy atom. The van der Waals surface area contributed by atoms with Gasteiger partial charge in [-0.05, 0) is 30.3 Å². The summed E-state index contributed by atoms with van der Waals surface area (Å²) in [6.45, 7) is 0. The van der Waals surface area contributed by atoms with Crippen molar-refractivity contribution in [2.24, 2.45) is 0 Å². The Morgan fingerprint density at radius 3 is 2.92 bits per heavy atom. The Hall–Kier alpha value is -2.32. The molecule has 8 heteroatoms. The van der Waals surface area contributed by atoms with E-state index in [1.807, 2.05) is 12.1 Å². The molecule has 0 aliphatic rings. The molecular formula is C16H11F2N3OS2. The van der Waals surface area contributed by atoms with Gasteiger partial charge in [-0.2, -0.15) is 0 Å². The minimum absolute atomic E-state index is 0.0645. The van der Waals surface area contributed by atoms with E-state index >= 15 is 0 Å². The number of nitrogens with one attached hydrogen (secondary N) is 1. The van der Waals surface area contributed by atoms with Crippen molar-refractivity contribution in [3.63, 3.8) is 0 Å². The molecular weight excluding hydrogens is 352 g/mol. The molecule has 0 saturated heterocycles. The van der Waals surface area contributed by atoms with Gasteiger partial charge in [0.25, 0.3) is 0 Å². The summed E-state index contributed by atoms with van der Waals surface area (Å²) in [7, 11) is 0. The summed E-state index contributed by atoms with van der Waals surface area (Å²) in [4.78, 5) is 20.2. The van der Waals surface area contributed by atoms with Crippen LogP contribution in [0.25, 0.3) is 11.3 Å². The summed E-state index contributed by atoms with van der Waals surface area (Å²) in [5.41, 5.74) is 0.347. The second-order valence-electron chi connectivity index (χ2n) is 4.67. The van der Waals surface area contributed by atoms with Gasteiger partial charge in [0.05, 0.1) is 16.5 Å². The number of rotatable bonds is 5. The molecule has 2 heterocycles. The van der Waals surface area contributed by atoms with Crippen molar-refractivity contribution in [1.29, 1.82) is 0 Å². The van der Waals surface area contributed by atoms with Crippen LogP contribution in [-0.4, -0.2) is 21.6 Å². The zero-order valence-electron chi connectivity index (χ0n) is 12.2. The highest BCUT2D eigenvalue weighted by atomic mass is 32.2. The fraction of sp³-hybridized carbons (Fsp3) is 0.0625. The number of amides is 1. The highest BCUT2D eigenvalue weighted by Crippen LogP contribution is 2.27. The molecule has 3 aromatic rings. The number of thioether (sulfide) groups is 1. The average Bonchev–Trinajstić information content (AvgIpc) is 3.04. The SMILES string of the molecule is O=C(CSc1ccccn1)Nc1nc(-c2cc(F)ccc2F)cs1. The van der Waals surface area contributed by atoms with Crippen molar-refractivity contribution in [1.82, 2.24) is 9.97 Å². The number of carbonyl (C=O) groups is 1. The third-order valence-corrected chi connectivity index (χ3v) is 4.65. The minimum atomic E-state index is -0.565. The standard InChI is InChI=1S/C16H11F2N3OS2/c17-10-4-5-12(18)11(7-10)13-8-24-16(20-13)21-14(22)9-23-15-3-1-2-6-19-15/h1-8H,9H2,(H,20,21,22). The molecule has 24 heavy (non-hydrogen) atoms. The number of carbonyl (C=O) groups excluding carboxylic acids is 1. The van der Waals surface area contributed by atoms with Gasteiger partial charge in [-0.3, -0.25) is 4.79 Å². The molecule has 0 aliphatic carbocycles. The predicted molar refractivity (Wildman–Crippen MR) is 91.1 cm³/mol. The zero-order valence-corrected chi connectivity index (χ0v) is 13.8. The minimum Gasteiger partial charge on any atom is -0.301 e. The van der Waals surface area contributed by atoms with Crippen molar-refractivity contribution in [2.45, 2.75) is 5.03 Å². The Labute approximate surface area is 145 Å². The van der Waals surface area contributed by atoms with Crippen LogP contribution in [0.2, 0.25) is 0 Å². The molecule has 0 spiro atoms. The van der Waals surface area contributed by atoms with Gasteiger partial charge < -0.3 is 5.32 Å². The molecule has 1 aromatic carbocycles. The fourth-order valence-corrected chi connectivity index (χ4v) is 3.26. The first-order valence-corrected chi connectivity index (χ1v) is 8.73. The van der Waals surface area contributed by atoms with Crippen LogP contribution in [0.3, 0.4) is 0 Å². The van der Waals surface area contributed by atoms with E-state index in [0.717, 1.165) is 34.6 Å². The maximum absolute atomic E-state index is 13.7. The molecule has 0 atom stereocenters. The lowest BCUT2D eigenvalue weighted by Gasteiger charge is -2.02. The van der Waals surface area contributed by atoms with Crippen LogP contribution in [0, 0.1) is 11.6 Å². The quantitative estimate of drug-likeness (QED) is 0.690. The number of benzene rings is 1. The van der Waals surface area contributed by atoms with Crippen LogP contribution >= 0.6 is 23.1 Å². The second-order valence-corrected chi connectivity index (χ2v) is 6.52. The normalized spacial score (nSPS) is 10.6. The first-order valence-electron chi connectivity index (χ1n) is 6.86. The third-order valence-electron chi connectivity index (χ3n) is 2.94. The highest BCUT2D eigenvalue weighted by Gasteiger charge is 2.12. The maximum Gasteiger partial charge on any atom is 0.236 e. The lowest BCUT2D eigenvalue weighted by Crippen LogP contribution is -2.13. The Kier molecular flexibility index (Phi) is 5.17. The van der Waals surface area contributed by atoms with Crippen molar-refractivity contribution in [2.75, 3.05) is 11.1 Å². The summed E-state index contributed by atoms with van der Waals surface area (Å²) in [5, 5.41) is 5.29. The van der Waals surface area contributed by atoms with E-state index in [0.29, 0.717) is 5.13 Å². The number of nitrogens with zero attached hydrogens (tertiary/aromatic N) is 2. The molecule has 0 unspecified atom stereocenters. The molecule has 0 bridgehead atoms. The van der Waals surface area contributed by atoms with Crippen molar-refractivity contribution in [3.05, 3.63) is 59.6 Å². The van der Waals surface area contributed by atoms with Gasteiger partial charge in [0, 0.05) is 17.1 Å². The first-order chi connectivity index (χ1) is 11.6. The van der Waals surface area contributed by atoms with E-state index in [1.54, 1.807) is 17.6 Å². The van der Waals surface area contributed by atoms with Gasteiger partial charge in [0.1, 0.15) is 11.6 Å². The Bertz CT molecular complexity index is 856. The van der Waals surface area contributed by atoms with Crippen molar-refractivity contribution in [3.8, 4) is 11.3 Å². The summed E-state index contributed by atoms with van der Waals surface area (Å²) in [6, 6.07) is 8.62. The van der Waals surface area contributed by atoms with Crippen molar-refractivity contribution < 1.29 is 13.6 Å². The molecule has 1 N–H and O–H groups in total. The van der Waals surface area contributed by atoms with Gasteiger partial charge in [0.15, 0.2) is 5.13 Å². The number of thiazole rings is 1. The monoisotopic (exact) mass is 363 g/mol. The average molecular weight is 363 g/mol. The molecule has 0 radical (unpaired) electrons. The third kappa shape index (κ3) is 4.15. The smallest absolute Gasteiger partial charge is 0.236 e. The van der Waals surface area contributed by atoms with Gasteiger partial charge in [-0.1, -0.05) is 17.8 Å². The van der Waals surface area contributed by atoms with Gasteiger partial charge in [-0.25, -0.2) is 18.7 Å². The highest BCUT2D eigenvalue weighted by molar-refractivity contribution is 7.99. The second kappa shape index (κ2) is 7.50. The Balaban J connectivity index is 1.63. The van der Waals surface area contributed by atoms with Crippen LogP contribution in [-0.2, 0) is 4.79 Å². The lowest BCUT2D eigenvalue weighted by atomic mass is 10.1. The maximum atomic E-state index is 13.7. The molecule has 4 nitrogen and oxygen atoms in total. The predicted octanol–water partition coefficient (Wildman–Crippen LogP) is 4.21. The fourth-order valence-electron chi connectivity index (χ4n) is 1.88.